The maximum absolute atomic E-state index is 4.30. The average Bonchev–Trinajstić information content (AvgIpc) is 2.15. The minimum atomic E-state index is 0.186. The molecular weight excluding hydrogens is 184 g/mol. The highest BCUT2D eigenvalue weighted by Crippen LogP contribution is 2.15. The van der Waals surface area contributed by atoms with Crippen LogP contribution in [-0.2, 0) is 6.54 Å². The maximum Gasteiger partial charge on any atom is 0.0541 e. The molecule has 1 aromatic heterocycles. The molecule has 2 nitrogen and oxygen atoms in total. The normalized spacial score (nSPS) is 12.1. The number of hydrogen-bond donors (Lipinski definition) is 1. The molecule has 1 N–H and O–H groups in total. The van der Waals surface area contributed by atoms with E-state index in [4.69, 9.17) is 0 Å². The van der Waals surface area contributed by atoms with Crippen LogP contribution in [0.5, 0.6) is 0 Å². The standard InChI is InChI=1S/C13H22N2/c1-11(2)9-13(3,4)15-10-12-7-5-6-8-14-12/h5-8,11,15H,9-10H2,1-4H3. The molecule has 0 atom stereocenters. The fourth-order valence-electron chi connectivity index (χ4n) is 1.93. The number of nitrogens with zero attached hydrogens (tertiary/aromatic N) is 1. The van der Waals surface area contributed by atoms with E-state index in [2.05, 4.69) is 44.1 Å². The number of nitrogens with one attached hydrogen (secondary N) is 1. The van der Waals surface area contributed by atoms with Crippen LogP contribution in [0.2, 0.25) is 0 Å². The number of hydrogen-bond acceptors (Lipinski definition) is 2. The van der Waals surface area contributed by atoms with Gasteiger partial charge < -0.3 is 5.32 Å². The van der Waals surface area contributed by atoms with Crippen molar-refractivity contribution in [1.82, 2.24) is 10.3 Å². The lowest BCUT2D eigenvalue weighted by Gasteiger charge is -2.28. The van der Waals surface area contributed by atoms with Gasteiger partial charge >= 0.3 is 0 Å². The zero-order chi connectivity index (χ0) is 11.3. The summed E-state index contributed by atoms with van der Waals surface area (Å²) in [6.07, 6.45) is 3.02. The first-order valence-corrected chi connectivity index (χ1v) is 5.64. The summed E-state index contributed by atoms with van der Waals surface area (Å²) in [5, 5.41) is 3.54. The van der Waals surface area contributed by atoms with Crippen LogP contribution in [0.4, 0.5) is 0 Å². The Morgan fingerprint density at radius 1 is 1.33 bits per heavy atom. The van der Waals surface area contributed by atoms with Gasteiger partial charge in [-0.15, -0.1) is 0 Å². The van der Waals surface area contributed by atoms with E-state index in [0.29, 0.717) is 0 Å². The summed E-state index contributed by atoms with van der Waals surface area (Å²) in [5.74, 6) is 0.719. The highest BCUT2D eigenvalue weighted by molar-refractivity contribution is 5.03. The monoisotopic (exact) mass is 206 g/mol. The van der Waals surface area contributed by atoms with Crippen molar-refractivity contribution < 1.29 is 0 Å². The van der Waals surface area contributed by atoms with E-state index < -0.39 is 0 Å². The van der Waals surface area contributed by atoms with E-state index in [1.54, 1.807) is 0 Å². The number of pyridine rings is 1. The lowest BCUT2D eigenvalue weighted by molar-refractivity contribution is 0.315. The fourth-order valence-corrected chi connectivity index (χ4v) is 1.93. The van der Waals surface area contributed by atoms with Gasteiger partial charge in [0.15, 0.2) is 0 Å². The SMILES string of the molecule is CC(C)CC(C)(C)NCc1ccccn1. The molecule has 1 aromatic rings. The van der Waals surface area contributed by atoms with Crippen LogP contribution in [0.15, 0.2) is 24.4 Å². The van der Waals surface area contributed by atoms with E-state index in [9.17, 15) is 0 Å². The topological polar surface area (TPSA) is 24.9 Å². The smallest absolute Gasteiger partial charge is 0.0541 e. The third-order valence-corrected chi connectivity index (χ3v) is 2.39. The van der Waals surface area contributed by atoms with Crippen LogP contribution < -0.4 is 5.32 Å². The molecule has 0 unspecified atom stereocenters. The minimum absolute atomic E-state index is 0.186. The fraction of sp³-hybridized carbons (Fsp3) is 0.615. The van der Waals surface area contributed by atoms with E-state index in [1.165, 1.54) is 6.42 Å². The molecule has 2 heteroatoms. The third-order valence-electron chi connectivity index (χ3n) is 2.39. The first-order valence-electron chi connectivity index (χ1n) is 5.64. The highest BCUT2D eigenvalue weighted by Gasteiger charge is 2.18. The Morgan fingerprint density at radius 3 is 2.60 bits per heavy atom. The predicted octanol–water partition coefficient (Wildman–Crippen LogP) is 3.00. The van der Waals surface area contributed by atoms with Gasteiger partial charge in [0.2, 0.25) is 0 Å². The highest BCUT2D eigenvalue weighted by atomic mass is 15.0. The molecule has 0 aliphatic heterocycles. The summed E-state index contributed by atoms with van der Waals surface area (Å²) in [5.41, 5.74) is 1.29. The number of aromatic nitrogens is 1. The van der Waals surface area contributed by atoms with Crippen molar-refractivity contribution in [3.8, 4) is 0 Å². The zero-order valence-electron chi connectivity index (χ0n) is 10.2. The molecule has 0 saturated heterocycles. The van der Waals surface area contributed by atoms with Gasteiger partial charge in [0, 0.05) is 18.3 Å². The second-order valence-corrected chi connectivity index (χ2v) is 5.16. The molecule has 0 saturated carbocycles. The Morgan fingerprint density at radius 2 is 2.07 bits per heavy atom. The summed E-state index contributed by atoms with van der Waals surface area (Å²) in [6, 6.07) is 6.03. The Balaban J connectivity index is 2.42. The van der Waals surface area contributed by atoms with Crippen LogP contribution >= 0.6 is 0 Å². The molecule has 0 amide bonds. The molecule has 0 radical (unpaired) electrons. The predicted molar refractivity (Wildman–Crippen MR) is 64.6 cm³/mol. The van der Waals surface area contributed by atoms with Crippen molar-refractivity contribution in [2.24, 2.45) is 5.92 Å². The van der Waals surface area contributed by atoms with Crippen LogP contribution in [0.3, 0.4) is 0 Å². The summed E-state index contributed by atoms with van der Waals surface area (Å²) in [4.78, 5) is 4.30. The van der Waals surface area contributed by atoms with Gasteiger partial charge in [0.1, 0.15) is 0 Å². The molecule has 1 rings (SSSR count). The lowest BCUT2D eigenvalue weighted by atomic mass is 9.93. The van der Waals surface area contributed by atoms with E-state index in [0.717, 1.165) is 18.2 Å². The molecular formula is C13H22N2. The molecule has 0 spiro atoms. The van der Waals surface area contributed by atoms with Crippen molar-refractivity contribution in [1.29, 1.82) is 0 Å². The summed E-state index contributed by atoms with van der Waals surface area (Å²) >= 11 is 0. The summed E-state index contributed by atoms with van der Waals surface area (Å²) in [6.45, 7) is 9.85. The quantitative estimate of drug-likeness (QED) is 0.801. The largest absolute Gasteiger partial charge is 0.306 e. The summed E-state index contributed by atoms with van der Waals surface area (Å²) < 4.78 is 0. The van der Waals surface area contributed by atoms with Crippen LogP contribution in [0, 0.1) is 5.92 Å². The minimum Gasteiger partial charge on any atom is -0.306 e. The Kier molecular flexibility index (Phi) is 4.28. The third kappa shape index (κ3) is 4.93. The van der Waals surface area contributed by atoms with E-state index in [1.807, 2.05) is 18.3 Å². The van der Waals surface area contributed by atoms with Gasteiger partial charge in [0.05, 0.1) is 5.69 Å². The van der Waals surface area contributed by atoms with Crippen molar-refractivity contribution in [3.63, 3.8) is 0 Å². The van der Waals surface area contributed by atoms with Crippen LogP contribution in [-0.4, -0.2) is 10.5 Å². The molecule has 84 valence electrons. The van der Waals surface area contributed by atoms with Crippen molar-refractivity contribution in [3.05, 3.63) is 30.1 Å². The van der Waals surface area contributed by atoms with Crippen molar-refractivity contribution >= 4 is 0 Å². The zero-order valence-corrected chi connectivity index (χ0v) is 10.2. The Hall–Kier alpha value is -0.890. The molecule has 15 heavy (non-hydrogen) atoms. The molecule has 0 fully saturated rings. The molecule has 0 bridgehead atoms. The molecule has 0 aliphatic carbocycles. The molecule has 0 aromatic carbocycles. The second-order valence-electron chi connectivity index (χ2n) is 5.16. The van der Waals surface area contributed by atoms with Gasteiger partial charge in [-0.1, -0.05) is 19.9 Å². The maximum atomic E-state index is 4.30. The first kappa shape index (κ1) is 12.2. The summed E-state index contributed by atoms with van der Waals surface area (Å²) in [7, 11) is 0. The Bertz CT molecular complexity index is 278. The molecule has 0 aliphatic rings. The van der Waals surface area contributed by atoms with E-state index >= 15 is 0 Å². The average molecular weight is 206 g/mol. The van der Waals surface area contributed by atoms with Gasteiger partial charge in [0.25, 0.3) is 0 Å². The second kappa shape index (κ2) is 5.26. The van der Waals surface area contributed by atoms with Crippen molar-refractivity contribution in [2.75, 3.05) is 0 Å². The van der Waals surface area contributed by atoms with Gasteiger partial charge in [-0.3, -0.25) is 4.98 Å². The van der Waals surface area contributed by atoms with Crippen LogP contribution in [0.25, 0.3) is 0 Å². The molecule has 1 heterocycles. The Labute approximate surface area is 93.1 Å². The van der Waals surface area contributed by atoms with E-state index in [-0.39, 0.29) is 5.54 Å². The van der Waals surface area contributed by atoms with Gasteiger partial charge in [-0.25, -0.2) is 0 Å². The van der Waals surface area contributed by atoms with Crippen molar-refractivity contribution in [2.45, 2.75) is 46.2 Å². The van der Waals surface area contributed by atoms with Gasteiger partial charge in [-0.2, -0.15) is 0 Å². The number of rotatable bonds is 5. The first-order chi connectivity index (χ1) is 6.99. The van der Waals surface area contributed by atoms with Gasteiger partial charge in [-0.05, 0) is 38.3 Å². The van der Waals surface area contributed by atoms with Crippen LogP contribution in [0.1, 0.15) is 39.8 Å². The lowest BCUT2D eigenvalue weighted by Crippen LogP contribution is -2.40.